The van der Waals surface area contributed by atoms with Crippen molar-refractivity contribution in [2.45, 2.75) is 26.2 Å². The number of ketones is 1. The number of hydrogen-bond acceptors (Lipinski definition) is 4. The number of amides is 1. The number of rotatable bonds is 9. The Bertz CT molecular complexity index is 883. The first-order valence-corrected chi connectivity index (χ1v) is 9.05. The third-order valence-corrected chi connectivity index (χ3v) is 4.19. The van der Waals surface area contributed by atoms with E-state index >= 15 is 0 Å². The fraction of sp³-hybridized carbons (Fsp3) is 0.286. The molecule has 0 bridgehead atoms. The summed E-state index contributed by atoms with van der Waals surface area (Å²) in [6.45, 7) is 2.55. The maximum atomic E-state index is 11.9. The average molecular weight is 365 g/mol. The molecule has 2 aromatic heterocycles. The van der Waals surface area contributed by atoms with Crippen LogP contribution in [-0.2, 0) is 11.2 Å². The zero-order valence-electron chi connectivity index (χ0n) is 15.4. The van der Waals surface area contributed by atoms with E-state index in [-0.39, 0.29) is 11.7 Å². The predicted molar refractivity (Wildman–Crippen MR) is 103 cm³/mol. The van der Waals surface area contributed by atoms with Crippen molar-refractivity contribution >= 4 is 17.3 Å². The lowest BCUT2D eigenvalue weighted by Gasteiger charge is -2.07. The Labute approximate surface area is 158 Å². The number of aromatic nitrogens is 2. The van der Waals surface area contributed by atoms with E-state index in [1.165, 1.54) is 6.92 Å². The molecule has 0 unspecified atom stereocenters. The Morgan fingerprint density at radius 1 is 1.15 bits per heavy atom. The summed E-state index contributed by atoms with van der Waals surface area (Å²) in [5.41, 5.74) is 2.53. The molecule has 0 atom stereocenters. The molecule has 3 aromatic rings. The van der Waals surface area contributed by atoms with Crippen LogP contribution < -0.4 is 10.1 Å². The van der Waals surface area contributed by atoms with Gasteiger partial charge >= 0.3 is 0 Å². The fourth-order valence-electron chi connectivity index (χ4n) is 2.73. The third-order valence-electron chi connectivity index (χ3n) is 4.19. The predicted octanol–water partition coefficient (Wildman–Crippen LogP) is 3.05. The number of benzene rings is 1. The number of carbonyl (C=O) groups excluding carboxylic acids is 2. The summed E-state index contributed by atoms with van der Waals surface area (Å²) in [6.07, 6.45) is 5.68. The summed E-state index contributed by atoms with van der Waals surface area (Å²) >= 11 is 0. The monoisotopic (exact) mass is 365 g/mol. The molecule has 1 N–H and O–H groups in total. The van der Waals surface area contributed by atoms with E-state index < -0.39 is 0 Å². The van der Waals surface area contributed by atoms with Gasteiger partial charge in [-0.05, 0) is 49.7 Å². The minimum atomic E-state index is 0.00860. The Balaban J connectivity index is 1.32. The van der Waals surface area contributed by atoms with Gasteiger partial charge in [0, 0.05) is 37.3 Å². The number of hydrogen-bond donors (Lipinski definition) is 1. The number of Topliss-reactive ketones (excluding diaryl/α,β-unsaturated/α-hetero) is 1. The van der Waals surface area contributed by atoms with Crippen molar-refractivity contribution in [3.05, 3.63) is 66.1 Å². The van der Waals surface area contributed by atoms with Gasteiger partial charge in [0.05, 0.1) is 12.3 Å². The van der Waals surface area contributed by atoms with Gasteiger partial charge in [0.15, 0.2) is 5.78 Å². The molecular formula is C21H23N3O3. The molecule has 0 aliphatic carbocycles. The van der Waals surface area contributed by atoms with Crippen molar-refractivity contribution in [2.75, 3.05) is 13.2 Å². The third kappa shape index (κ3) is 5.41. The van der Waals surface area contributed by atoms with E-state index in [4.69, 9.17) is 4.74 Å². The van der Waals surface area contributed by atoms with E-state index in [1.807, 2.05) is 35.0 Å². The second-order valence-electron chi connectivity index (χ2n) is 6.33. The van der Waals surface area contributed by atoms with Crippen LogP contribution in [0.3, 0.4) is 0 Å². The van der Waals surface area contributed by atoms with Crippen LogP contribution in [-0.4, -0.2) is 34.2 Å². The number of nitrogens with zero attached hydrogens (tertiary/aromatic N) is 2. The van der Waals surface area contributed by atoms with Crippen molar-refractivity contribution < 1.29 is 14.3 Å². The van der Waals surface area contributed by atoms with Crippen LogP contribution in [0.2, 0.25) is 0 Å². The number of carbonyl (C=O) groups is 2. The SMILES string of the molecule is CC(=O)c1ccc(OCCCC(=O)NCCc2cn3ccccc3n2)cc1. The number of ether oxygens (including phenoxy) is 1. The molecule has 0 fully saturated rings. The molecule has 0 saturated heterocycles. The highest BCUT2D eigenvalue weighted by molar-refractivity contribution is 5.94. The molecular weight excluding hydrogens is 342 g/mol. The van der Waals surface area contributed by atoms with Gasteiger partial charge < -0.3 is 14.5 Å². The quantitative estimate of drug-likeness (QED) is 0.467. The highest BCUT2D eigenvalue weighted by atomic mass is 16.5. The van der Waals surface area contributed by atoms with E-state index in [0.29, 0.717) is 43.7 Å². The maximum absolute atomic E-state index is 11.9. The minimum absolute atomic E-state index is 0.00860. The van der Waals surface area contributed by atoms with Gasteiger partial charge in [0.2, 0.25) is 5.91 Å². The molecule has 27 heavy (non-hydrogen) atoms. The van der Waals surface area contributed by atoms with Crippen molar-refractivity contribution in [1.82, 2.24) is 14.7 Å². The van der Waals surface area contributed by atoms with Gasteiger partial charge in [0.25, 0.3) is 0 Å². The van der Waals surface area contributed by atoms with Crippen molar-refractivity contribution in [1.29, 1.82) is 0 Å². The van der Waals surface area contributed by atoms with Crippen LogP contribution >= 0.6 is 0 Å². The van der Waals surface area contributed by atoms with Crippen molar-refractivity contribution in [3.63, 3.8) is 0 Å². The average Bonchev–Trinajstić information content (AvgIpc) is 3.08. The fourth-order valence-corrected chi connectivity index (χ4v) is 2.73. The molecule has 6 nitrogen and oxygen atoms in total. The van der Waals surface area contributed by atoms with Crippen LogP contribution in [0, 0.1) is 0 Å². The second kappa shape index (κ2) is 8.98. The van der Waals surface area contributed by atoms with Gasteiger partial charge in [-0.3, -0.25) is 9.59 Å². The topological polar surface area (TPSA) is 72.7 Å². The Kier molecular flexibility index (Phi) is 6.20. The number of nitrogens with one attached hydrogen (secondary N) is 1. The zero-order valence-corrected chi connectivity index (χ0v) is 15.4. The number of imidazole rings is 1. The highest BCUT2D eigenvalue weighted by Crippen LogP contribution is 2.13. The van der Waals surface area contributed by atoms with Crippen LogP contribution in [0.25, 0.3) is 5.65 Å². The summed E-state index contributed by atoms with van der Waals surface area (Å²) in [5.74, 6) is 0.739. The molecule has 0 saturated carbocycles. The first kappa shape index (κ1) is 18.6. The van der Waals surface area contributed by atoms with Crippen LogP contribution in [0.5, 0.6) is 5.75 Å². The van der Waals surface area contributed by atoms with Gasteiger partial charge in [-0.2, -0.15) is 0 Å². The standard InChI is InChI=1S/C21H23N3O3/c1-16(25)17-7-9-19(10-8-17)27-14-4-6-21(26)22-12-11-18-15-24-13-3-2-5-20(24)23-18/h2-3,5,7-10,13,15H,4,6,11-12,14H2,1H3,(H,22,26). The molecule has 140 valence electrons. The molecule has 1 amide bonds. The van der Waals surface area contributed by atoms with Crippen molar-refractivity contribution in [2.24, 2.45) is 0 Å². The lowest BCUT2D eigenvalue weighted by Crippen LogP contribution is -2.25. The molecule has 0 spiro atoms. The molecule has 1 aromatic carbocycles. The van der Waals surface area contributed by atoms with Crippen LogP contribution in [0.4, 0.5) is 0 Å². The smallest absolute Gasteiger partial charge is 0.220 e. The largest absolute Gasteiger partial charge is 0.494 e. The molecule has 0 radical (unpaired) electrons. The van der Waals surface area contributed by atoms with Crippen molar-refractivity contribution in [3.8, 4) is 5.75 Å². The Morgan fingerprint density at radius 3 is 2.70 bits per heavy atom. The molecule has 0 aliphatic heterocycles. The van der Waals surface area contributed by atoms with E-state index in [2.05, 4.69) is 10.3 Å². The lowest BCUT2D eigenvalue weighted by atomic mass is 10.1. The summed E-state index contributed by atoms with van der Waals surface area (Å²) < 4.78 is 7.56. The summed E-state index contributed by atoms with van der Waals surface area (Å²) in [5, 5.41) is 2.91. The zero-order chi connectivity index (χ0) is 19.1. The summed E-state index contributed by atoms with van der Waals surface area (Å²) in [6, 6.07) is 12.9. The first-order valence-electron chi connectivity index (χ1n) is 9.05. The normalized spacial score (nSPS) is 10.7. The summed E-state index contributed by atoms with van der Waals surface area (Å²) in [7, 11) is 0. The van der Waals surface area contributed by atoms with Gasteiger partial charge in [-0.15, -0.1) is 0 Å². The highest BCUT2D eigenvalue weighted by Gasteiger charge is 2.04. The second-order valence-corrected chi connectivity index (χ2v) is 6.33. The lowest BCUT2D eigenvalue weighted by molar-refractivity contribution is -0.121. The Morgan fingerprint density at radius 2 is 1.96 bits per heavy atom. The summed E-state index contributed by atoms with van der Waals surface area (Å²) in [4.78, 5) is 27.6. The van der Waals surface area contributed by atoms with Crippen LogP contribution in [0.1, 0.15) is 35.8 Å². The number of fused-ring (bicyclic) bond motifs is 1. The number of pyridine rings is 1. The molecule has 2 heterocycles. The van der Waals surface area contributed by atoms with E-state index in [0.717, 1.165) is 11.3 Å². The van der Waals surface area contributed by atoms with Gasteiger partial charge in [-0.25, -0.2) is 4.98 Å². The molecule has 3 rings (SSSR count). The Hall–Kier alpha value is -3.15. The molecule has 0 aliphatic rings. The van der Waals surface area contributed by atoms with E-state index in [9.17, 15) is 9.59 Å². The van der Waals surface area contributed by atoms with Gasteiger partial charge in [0.1, 0.15) is 11.4 Å². The minimum Gasteiger partial charge on any atom is -0.494 e. The first-order chi connectivity index (χ1) is 13.1. The molecule has 6 heteroatoms. The maximum Gasteiger partial charge on any atom is 0.220 e. The van der Waals surface area contributed by atoms with Gasteiger partial charge in [-0.1, -0.05) is 6.07 Å². The van der Waals surface area contributed by atoms with E-state index in [1.54, 1.807) is 24.3 Å². The van der Waals surface area contributed by atoms with Crippen LogP contribution in [0.15, 0.2) is 54.9 Å².